The second-order valence-electron chi connectivity index (χ2n) is 3.32. The molecule has 0 aliphatic heterocycles. The number of carbonyl (C=O) groups is 1. The van der Waals surface area contributed by atoms with E-state index in [9.17, 15) is 13.2 Å². The normalized spacial score (nSPS) is 13.1. The van der Waals surface area contributed by atoms with E-state index in [4.69, 9.17) is 21.4 Å². The molecular formula is C10H11ClO5S. The maximum atomic E-state index is 12.0. The van der Waals surface area contributed by atoms with Crippen LogP contribution in [0.5, 0.6) is 5.75 Å². The van der Waals surface area contributed by atoms with Gasteiger partial charge >= 0.3 is 5.97 Å². The molecule has 0 radical (unpaired) electrons. The van der Waals surface area contributed by atoms with Gasteiger partial charge in [0, 0.05) is 5.02 Å². The summed E-state index contributed by atoms with van der Waals surface area (Å²) in [6.45, 7) is 1.10. The third-order valence-electron chi connectivity index (χ3n) is 2.25. The summed E-state index contributed by atoms with van der Waals surface area (Å²) < 4.78 is 28.9. The summed E-state index contributed by atoms with van der Waals surface area (Å²) in [6.07, 6.45) is 0. The third kappa shape index (κ3) is 2.70. The minimum atomic E-state index is -4.01. The molecule has 94 valence electrons. The van der Waals surface area contributed by atoms with Crippen molar-refractivity contribution in [2.45, 2.75) is 17.1 Å². The lowest BCUT2D eigenvalue weighted by atomic mass is 10.3. The maximum Gasteiger partial charge on any atom is 0.321 e. The number of rotatable bonds is 4. The average Bonchev–Trinajstić information content (AvgIpc) is 2.27. The first-order chi connectivity index (χ1) is 7.80. The van der Waals surface area contributed by atoms with E-state index in [1.807, 2.05) is 0 Å². The SMILES string of the molecule is COc1ccc(Cl)cc1S(=O)(=O)C(C)C(=O)O. The molecule has 0 saturated heterocycles. The Balaban J connectivity index is 3.42. The molecule has 0 aromatic heterocycles. The van der Waals surface area contributed by atoms with E-state index in [1.54, 1.807) is 0 Å². The van der Waals surface area contributed by atoms with Crippen molar-refractivity contribution in [1.82, 2.24) is 0 Å². The highest BCUT2D eigenvalue weighted by Crippen LogP contribution is 2.29. The van der Waals surface area contributed by atoms with E-state index < -0.39 is 21.1 Å². The number of benzene rings is 1. The van der Waals surface area contributed by atoms with Gasteiger partial charge < -0.3 is 9.84 Å². The Bertz CT molecular complexity index is 538. The number of carboxylic acids is 1. The summed E-state index contributed by atoms with van der Waals surface area (Å²) in [5, 5.41) is 7.39. The minimum absolute atomic E-state index is 0.0718. The van der Waals surface area contributed by atoms with E-state index in [1.165, 1.54) is 25.3 Å². The Hall–Kier alpha value is -1.27. The van der Waals surface area contributed by atoms with E-state index >= 15 is 0 Å². The van der Waals surface area contributed by atoms with Crippen LogP contribution in [0.3, 0.4) is 0 Å². The summed E-state index contributed by atoms with van der Waals surface area (Å²) in [7, 11) is -2.71. The summed E-state index contributed by atoms with van der Waals surface area (Å²) in [4.78, 5) is 10.5. The number of hydrogen-bond acceptors (Lipinski definition) is 4. The van der Waals surface area contributed by atoms with Gasteiger partial charge in [-0.05, 0) is 25.1 Å². The van der Waals surface area contributed by atoms with E-state index in [0.29, 0.717) is 0 Å². The van der Waals surface area contributed by atoms with E-state index in [2.05, 4.69) is 0 Å². The predicted octanol–water partition coefficient (Wildman–Crippen LogP) is 1.60. The zero-order valence-electron chi connectivity index (χ0n) is 9.18. The van der Waals surface area contributed by atoms with Crippen molar-refractivity contribution in [2.75, 3.05) is 7.11 Å². The third-order valence-corrected chi connectivity index (χ3v) is 4.55. The van der Waals surface area contributed by atoms with Gasteiger partial charge in [0.2, 0.25) is 0 Å². The summed E-state index contributed by atoms with van der Waals surface area (Å²) in [6, 6.07) is 4.02. The van der Waals surface area contributed by atoms with Crippen molar-refractivity contribution in [3.8, 4) is 5.75 Å². The fourth-order valence-electron chi connectivity index (χ4n) is 1.20. The molecular weight excluding hydrogens is 268 g/mol. The predicted molar refractivity (Wildman–Crippen MR) is 62.3 cm³/mol. The van der Waals surface area contributed by atoms with Gasteiger partial charge in [0.25, 0.3) is 0 Å². The van der Waals surface area contributed by atoms with E-state index in [-0.39, 0.29) is 15.7 Å². The quantitative estimate of drug-likeness (QED) is 0.905. The molecule has 0 amide bonds. The molecule has 1 unspecified atom stereocenters. The zero-order chi connectivity index (χ0) is 13.2. The second kappa shape index (κ2) is 4.93. The molecule has 5 nitrogen and oxygen atoms in total. The molecule has 0 heterocycles. The molecule has 1 N–H and O–H groups in total. The largest absolute Gasteiger partial charge is 0.495 e. The van der Waals surface area contributed by atoms with Gasteiger partial charge in [0.05, 0.1) is 7.11 Å². The summed E-state index contributed by atoms with van der Waals surface area (Å²) in [5.74, 6) is -1.35. The summed E-state index contributed by atoms with van der Waals surface area (Å²) >= 11 is 5.70. The average molecular weight is 279 g/mol. The lowest BCUT2D eigenvalue weighted by Crippen LogP contribution is -2.27. The van der Waals surface area contributed by atoms with Crippen LogP contribution in [-0.2, 0) is 14.6 Å². The van der Waals surface area contributed by atoms with Crippen LogP contribution >= 0.6 is 11.6 Å². The van der Waals surface area contributed by atoms with Gasteiger partial charge in [-0.25, -0.2) is 8.42 Å². The lowest BCUT2D eigenvalue weighted by Gasteiger charge is -2.12. The molecule has 0 aliphatic rings. The molecule has 0 spiro atoms. The highest BCUT2D eigenvalue weighted by Gasteiger charge is 2.32. The molecule has 0 fully saturated rings. The van der Waals surface area contributed by atoms with Crippen molar-refractivity contribution in [3.05, 3.63) is 23.2 Å². The Kier molecular flexibility index (Phi) is 4.00. The van der Waals surface area contributed by atoms with Crippen molar-refractivity contribution < 1.29 is 23.1 Å². The Labute approximate surface area is 104 Å². The van der Waals surface area contributed by atoms with Gasteiger partial charge in [-0.15, -0.1) is 0 Å². The number of aliphatic carboxylic acids is 1. The van der Waals surface area contributed by atoms with Crippen molar-refractivity contribution >= 4 is 27.4 Å². The number of halogens is 1. The Morgan fingerprint density at radius 2 is 2.06 bits per heavy atom. The first kappa shape index (κ1) is 13.8. The van der Waals surface area contributed by atoms with E-state index in [0.717, 1.165) is 6.92 Å². The Morgan fingerprint density at radius 3 is 2.53 bits per heavy atom. The first-order valence-corrected chi connectivity index (χ1v) is 6.53. The van der Waals surface area contributed by atoms with Gasteiger partial charge in [-0.2, -0.15) is 0 Å². The van der Waals surface area contributed by atoms with Crippen LogP contribution in [0.1, 0.15) is 6.92 Å². The maximum absolute atomic E-state index is 12.0. The monoisotopic (exact) mass is 278 g/mol. The fourth-order valence-corrected chi connectivity index (χ4v) is 2.80. The van der Waals surface area contributed by atoms with Crippen LogP contribution in [0.15, 0.2) is 23.1 Å². The zero-order valence-corrected chi connectivity index (χ0v) is 10.7. The van der Waals surface area contributed by atoms with Crippen LogP contribution in [0, 0.1) is 0 Å². The Morgan fingerprint density at radius 1 is 1.47 bits per heavy atom. The van der Waals surface area contributed by atoms with Gasteiger partial charge in [-0.3, -0.25) is 4.79 Å². The first-order valence-electron chi connectivity index (χ1n) is 4.61. The molecule has 1 rings (SSSR count). The highest BCUT2D eigenvalue weighted by molar-refractivity contribution is 7.92. The minimum Gasteiger partial charge on any atom is -0.495 e. The summed E-state index contributed by atoms with van der Waals surface area (Å²) in [5.41, 5.74) is 0. The lowest BCUT2D eigenvalue weighted by molar-refractivity contribution is -0.136. The van der Waals surface area contributed by atoms with Gasteiger partial charge in [0.1, 0.15) is 10.6 Å². The number of sulfone groups is 1. The second-order valence-corrected chi connectivity index (χ2v) is 5.99. The molecule has 0 bridgehead atoms. The molecule has 17 heavy (non-hydrogen) atoms. The van der Waals surface area contributed by atoms with Crippen molar-refractivity contribution in [1.29, 1.82) is 0 Å². The molecule has 1 atom stereocenters. The van der Waals surface area contributed by atoms with Gasteiger partial charge in [-0.1, -0.05) is 11.6 Å². The topological polar surface area (TPSA) is 80.7 Å². The number of carboxylic acid groups (broad SMARTS) is 1. The highest BCUT2D eigenvalue weighted by atomic mass is 35.5. The molecule has 0 aliphatic carbocycles. The smallest absolute Gasteiger partial charge is 0.321 e. The van der Waals surface area contributed by atoms with Crippen molar-refractivity contribution in [3.63, 3.8) is 0 Å². The molecule has 1 aromatic carbocycles. The van der Waals surface area contributed by atoms with Crippen molar-refractivity contribution in [2.24, 2.45) is 0 Å². The van der Waals surface area contributed by atoms with Crippen LogP contribution in [0.4, 0.5) is 0 Å². The number of ether oxygens (including phenoxy) is 1. The van der Waals surface area contributed by atoms with Crippen LogP contribution in [0.25, 0.3) is 0 Å². The van der Waals surface area contributed by atoms with Crippen LogP contribution < -0.4 is 4.74 Å². The number of hydrogen-bond donors (Lipinski definition) is 1. The van der Waals surface area contributed by atoms with Crippen LogP contribution in [-0.4, -0.2) is 31.9 Å². The van der Waals surface area contributed by atoms with Crippen LogP contribution in [0.2, 0.25) is 5.02 Å². The number of methoxy groups -OCH3 is 1. The molecule has 1 aromatic rings. The molecule has 7 heteroatoms. The standard InChI is InChI=1S/C10H11ClO5S/c1-6(10(12)13)17(14,15)9-5-7(11)3-4-8(9)16-2/h3-6H,1-2H3,(H,12,13). The van der Waals surface area contributed by atoms with Gasteiger partial charge in [0.15, 0.2) is 15.1 Å². The fraction of sp³-hybridized carbons (Fsp3) is 0.300. The molecule has 0 saturated carbocycles.